The van der Waals surface area contributed by atoms with Crippen LogP contribution in [0.25, 0.3) is 16.6 Å². The average molecular weight is 436 g/mol. The predicted molar refractivity (Wildman–Crippen MR) is 128 cm³/mol. The van der Waals surface area contributed by atoms with Gasteiger partial charge >= 0.3 is 0 Å². The van der Waals surface area contributed by atoms with Crippen molar-refractivity contribution >= 4 is 16.8 Å². The number of unbranched alkanes of at least 4 members (excludes halogenated alkanes) is 1. The summed E-state index contributed by atoms with van der Waals surface area (Å²) in [6, 6.07) is 14.5. The summed E-state index contributed by atoms with van der Waals surface area (Å²) in [6.45, 7) is 9.09. The van der Waals surface area contributed by atoms with Gasteiger partial charge in [0.2, 0.25) is 5.91 Å². The van der Waals surface area contributed by atoms with Gasteiger partial charge in [-0.3, -0.25) is 14.2 Å². The molecule has 0 radical (unpaired) electrons. The lowest BCUT2D eigenvalue weighted by molar-refractivity contribution is -0.133. The maximum absolute atomic E-state index is 13.7. The van der Waals surface area contributed by atoms with Gasteiger partial charge in [0.1, 0.15) is 11.6 Å². The molecule has 1 amide bonds. The van der Waals surface area contributed by atoms with Crippen molar-refractivity contribution in [1.29, 1.82) is 0 Å². The van der Waals surface area contributed by atoms with E-state index in [4.69, 9.17) is 9.72 Å². The van der Waals surface area contributed by atoms with Gasteiger partial charge in [-0.15, -0.1) is 0 Å². The van der Waals surface area contributed by atoms with Crippen LogP contribution in [0.1, 0.15) is 65.2 Å². The molecule has 0 N–H and O–H groups in total. The molecule has 0 saturated carbocycles. The first-order valence-corrected chi connectivity index (χ1v) is 11.6. The number of aromatic nitrogens is 2. The van der Waals surface area contributed by atoms with Gasteiger partial charge in [0, 0.05) is 13.0 Å². The molecule has 170 valence electrons. The fourth-order valence-electron chi connectivity index (χ4n) is 3.94. The second kappa shape index (κ2) is 10.9. The Kier molecular flexibility index (Phi) is 8.03. The van der Waals surface area contributed by atoms with Crippen LogP contribution in [0.2, 0.25) is 0 Å². The summed E-state index contributed by atoms with van der Waals surface area (Å²) >= 11 is 0. The van der Waals surface area contributed by atoms with E-state index in [0.717, 1.165) is 19.3 Å². The van der Waals surface area contributed by atoms with E-state index >= 15 is 0 Å². The molecule has 0 aliphatic heterocycles. The molecule has 1 atom stereocenters. The topological polar surface area (TPSA) is 64.4 Å². The normalized spacial score (nSPS) is 12.0. The molecule has 3 rings (SSSR count). The van der Waals surface area contributed by atoms with Crippen LogP contribution >= 0.6 is 0 Å². The van der Waals surface area contributed by atoms with Crippen molar-refractivity contribution in [2.24, 2.45) is 0 Å². The Morgan fingerprint density at radius 1 is 1.06 bits per heavy atom. The van der Waals surface area contributed by atoms with Crippen LogP contribution in [0.15, 0.2) is 53.3 Å². The Hall–Kier alpha value is -3.15. The molecule has 2 aromatic carbocycles. The Morgan fingerprint density at radius 2 is 1.78 bits per heavy atom. The maximum Gasteiger partial charge on any atom is 0.266 e. The molecule has 3 aromatic rings. The first-order chi connectivity index (χ1) is 15.5. The standard InChI is InChI=1S/C26H33N3O3/c1-5-8-18-28(24(30)13-6-2)19(4)25-27-21-15-10-9-14-20(21)26(31)29(25)22-16-11-12-17-23(22)32-7-3/h9-12,14-17,19H,5-8,13,18H2,1-4H3. The lowest BCUT2D eigenvalue weighted by Crippen LogP contribution is -2.38. The predicted octanol–water partition coefficient (Wildman–Crippen LogP) is 5.27. The van der Waals surface area contributed by atoms with E-state index in [1.165, 1.54) is 0 Å². The molecule has 0 aliphatic rings. The molecule has 1 aromatic heterocycles. The number of nitrogens with zero attached hydrogens (tertiary/aromatic N) is 3. The van der Waals surface area contributed by atoms with Gasteiger partial charge in [-0.2, -0.15) is 0 Å². The van der Waals surface area contributed by atoms with Crippen molar-refractivity contribution in [2.45, 2.75) is 59.4 Å². The third kappa shape index (κ3) is 4.85. The van der Waals surface area contributed by atoms with E-state index < -0.39 is 0 Å². The zero-order valence-corrected chi connectivity index (χ0v) is 19.5. The van der Waals surface area contributed by atoms with Crippen LogP contribution in [0, 0.1) is 0 Å². The van der Waals surface area contributed by atoms with E-state index in [0.29, 0.717) is 47.7 Å². The minimum atomic E-state index is -0.368. The molecule has 6 heteroatoms. The lowest BCUT2D eigenvalue weighted by Gasteiger charge is -2.31. The van der Waals surface area contributed by atoms with Crippen LogP contribution in [-0.4, -0.2) is 33.5 Å². The zero-order valence-electron chi connectivity index (χ0n) is 19.5. The molecule has 6 nitrogen and oxygen atoms in total. The van der Waals surface area contributed by atoms with Crippen LogP contribution in [0.4, 0.5) is 0 Å². The van der Waals surface area contributed by atoms with E-state index in [9.17, 15) is 9.59 Å². The zero-order chi connectivity index (χ0) is 23.1. The summed E-state index contributed by atoms with van der Waals surface area (Å²) in [4.78, 5) is 33.5. The van der Waals surface area contributed by atoms with Crippen molar-refractivity contribution in [2.75, 3.05) is 13.2 Å². The minimum absolute atomic E-state index is 0.0838. The Labute approximate surface area is 189 Å². The quantitative estimate of drug-likeness (QED) is 0.435. The highest BCUT2D eigenvalue weighted by molar-refractivity contribution is 5.79. The van der Waals surface area contributed by atoms with Gasteiger partial charge in [-0.1, -0.05) is 44.5 Å². The summed E-state index contributed by atoms with van der Waals surface area (Å²) < 4.78 is 7.46. The highest BCUT2D eigenvalue weighted by Crippen LogP contribution is 2.28. The molecule has 1 unspecified atom stereocenters. The van der Waals surface area contributed by atoms with Gasteiger partial charge in [0.15, 0.2) is 0 Å². The summed E-state index contributed by atoms with van der Waals surface area (Å²) in [6.07, 6.45) is 3.13. The minimum Gasteiger partial charge on any atom is -0.492 e. The van der Waals surface area contributed by atoms with Gasteiger partial charge in [0.25, 0.3) is 5.56 Å². The molecule has 1 heterocycles. The van der Waals surface area contributed by atoms with Crippen molar-refractivity contribution in [3.8, 4) is 11.4 Å². The lowest BCUT2D eigenvalue weighted by atomic mass is 10.1. The number of para-hydroxylation sites is 3. The molecule has 0 bridgehead atoms. The highest BCUT2D eigenvalue weighted by atomic mass is 16.5. The number of carbonyl (C=O) groups excluding carboxylic acids is 1. The summed E-state index contributed by atoms with van der Waals surface area (Å²) in [5.74, 6) is 1.24. The molecule has 32 heavy (non-hydrogen) atoms. The van der Waals surface area contributed by atoms with Crippen molar-refractivity contribution in [3.05, 3.63) is 64.7 Å². The number of amides is 1. The number of fused-ring (bicyclic) bond motifs is 1. The van der Waals surface area contributed by atoms with E-state index in [1.54, 1.807) is 10.6 Å². The largest absolute Gasteiger partial charge is 0.492 e. The Morgan fingerprint density at radius 3 is 2.50 bits per heavy atom. The van der Waals surface area contributed by atoms with Crippen LogP contribution in [0.5, 0.6) is 5.75 Å². The van der Waals surface area contributed by atoms with Crippen LogP contribution in [-0.2, 0) is 4.79 Å². The van der Waals surface area contributed by atoms with E-state index in [1.807, 2.05) is 68.1 Å². The smallest absolute Gasteiger partial charge is 0.266 e. The third-order valence-electron chi connectivity index (χ3n) is 5.59. The van der Waals surface area contributed by atoms with Gasteiger partial charge in [-0.05, 0) is 51.0 Å². The van der Waals surface area contributed by atoms with Crippen molar-refractivity contribution < 1.29 is 9.53 Å². The van der Waals surface area contributed by atoms with Gasteiger partial charge in [0.05, 0.1) is 29.2 Å². The molecular formula is C26H33N3O3. The second-order valence-electron chi connectivity index (χ2n) is 7.90. The first kappa shape index (κ1) is 23.5. The third-order valence-corrected chi connectivity index (χ3v) is 5.59. The van der Waals surface area contributed by atoms with Crippen LogP contribution in [0.3, 0.4) is 0 Å². The number of benzene rings is 2. The van der Waals surface area contributed by atoms with E-state index in [2.05, 4.69) is 6.92 Å². The molecule has 0 spiro atoms. The van der Waals surface area contributed by atoms with Crippen molar-refractivity contribution in [1.82, 2.24) is 14.5 Å². The monoisotopic (exact) mass is 435 g/mol. The number of rotatable bonds is 10. The number of ether oxygens (including phenoxy) is 1. The second-order valence-corrected chi connectivity index (χ2v) is 7.90. The van der Waals surface area contributed by atoms with Crippen LogP contribution < -0.4 is 10.3 Å². The number of carbonyl (C=O) groups is 1. The first-order valence-electron chi connectivity index (χ1n) is 11.6. The van der Waals surface area contributed by atoms with Gasteiger partial charge < -0.3 is 9.64 Å². The molecule has 0 fully saturated rings. The average Bonchev–Trinajstić information content (AvgIpc) is 2.80. The SMILES string of the molecule is CCCCN(C(=O)CCC)C(C)c1nc2ccccc2c(=O)n1-c1ccccc1OCC. The molecule has 0 saturated heterocycles. The van der Waals surface area contributed by atoms with Gasteiger partial charge in [-0.25, -0.2) is 4.98 Å². The fraction of sp³-hybridized carbons (Fsp3) is 0.423. The summed E-state index contributed by atoms with van der Waals surface area (Å²) in [7, 11) is 0. The van der Waals surface area contributed by atoms with E-state index in [-0.39, 0.29) is 17.5 Å². The Balaban J connectivity index is 2.26. The molecular weight excluding hydrogens is 402 g/mol. The highest BCUT2D eigenvalue weighted by Gasteiger charge is 2.27. The maximum atomic E-state index is 13.7. The number of hydrogen-bond acceptors (Lipinski definition) is 4. The fourth-order valence-corrected chi connectivity index (χ4v) is 3.94. The molecule has 0 aliphatic carbocycles. The van der Waals surface area contributed by atoms with Crippen molar-refractivity contribution in [3.63, 3.8) is 0 Å². The Bertz CT molecular complexity index is 1120. The number of hydrogen-bond donors (Lipinski definition) is 0. The summed E-state index contributed by atoms with van der Waals surface area (Å²) in [5.41, 5.74) is 1.10. The summed E-state index contributed by atoms with van der Waals surface area (Å²) in [5, 5.41) is 0.537.